The minimum atomic E-state index is -0.00630. The Morgan fingerprint density at radius 2 is 1.80 bits per heavy atom. The molecule has 0 aromatic heterocycles. The zero-order valence-corrected chi connectivity index (χ0v) is 12.6. The maximum Gasteiger partial charge on any atom is 0.159 e. The molecule has 2 nitrogen and oxygen atoms in total. The van der Waals surface area contributed by atoms with E-state index < -0.39 is 0 Å². The van der Waals surface area contributed by atoms with Crippen molar-refractivity contribution in [3.05, 3.63) is 63.7 Å². The molecule has 104 valence electrons. The van der Waals surface area contributed by atoms with Gasteiger partial charge in [-0.15, -0.1) is 0 Å². The van der Waals surface area contributed by atoms with Gasteiger partial charge in [0, 0.05) is 5.56 Å². The van der Waals surface area contributed by atoms with Crippen molar-refractivity contribution < 1.29 is 9.53 Å². The van der Waals surface area contributed by atoms with E-state index in [1.54, 1.807) is 18.2 Å². The van der Waals surface area contributed by atoms with Crippen LogP contribution in [0.15, 0.2) is 36.4 Å². The summed E-state index contributed by atoms with van der Waals surface area (Å²) in [5, 5.41) is 0.462. The SMILES string of the molecule is CC(=O)c1ccc(OCc2c(C)cccc2C)c(Cl)c1. The first-order valence-corrected chi connectivity index (χ1v) is 6.85. The predicted molar refractivity (Wildman–Crippen MR) is 81.7 cm³/mol. The Bertz CT molecular complexity index is 627. The molecule has 0 amide bonds. The van der Waals surface area contributed by atoms with Crippen LogP contribution < -0.4 is 4.74 Å². The van der Waals surface area contributed by atoms with E-state index in [1.165, 1.54) is 23.6 Å². The predicted octanol–water partition coefficient (Wildman–Crippen LogP) is 4.74. The van der Waals surface area contributed by atoms with E-state index in [0.29, 0.717) is 22.9 Å². The molecule has 0 aliphatic heterocycles. The van der Waals surface area contributed by atoms with E-state index in [2.05, 4.69) is 26.0 Å². The number of hydrogen-bond acceptors (Lipinski definition) is 2. The molecule has 20 heavy (non-hydrogen) atoms. The topological polar surface area (TPSA) is 26.3 Å². The summed E-state index contributed by atoms with van der Waals surface area (Å²) in [7, 11) is 0. The van der Waals surface area contributed by atoms with Crippen molar-refractivity contribution >= 4 is 17.4 Å². The number of ether oxygens (including phenoxy) is 1. The number of benzene rings is 2. The number of rotatable bonds is 4. The van der Waals surface area contributed by atoms with Crippen molar-refractivity contribution in [2.75, 3.05) is 0 Å². The fourth-order valence-electron chi connectivity index (χ4n) is 2.06. The molecule has 0 atom stereocenters. The molecule has 0 saturated carbocycles. The molecule has 0 fully saturated rings. The molecule has 0 aliphatic rings. The summed E-state index contributed by atoms with van der Waals surface area (Å²) in [4.78, 5) is 11.3. The first-order valence-electron chi connectivity index (χ1n) is 6.47. The molecule has 0 unspecified atom stereocenters. The van der Waals surface area contributed by atoms with Gasteiger partial charge in [0.1, 0.15) is 12.4 Å². The Hall–Kier alpha value is -1.80. The van der Waals surface area contributed by atoms with E-state index in [4.69, 9.17) is 16.3 Å². The average Bonchev–Trinajstić information content (AvgIpc) is 2.39. The lowest BCUT2D eigenvalue weighted by atomic mass is 10.0. The Labute approximate surface area is 124 Å². The minimum Gasteiger partial charge on any atom is -0.487 e. The zero-order valence-electron chi connectivity index (χ0n) is 11.9. The van der Waals surface area contributed by atoms with Crippen LogP contribution in [-0.2, 0) is 6.61 Å². The van der Waals surface area contributed by atoms with Crippen LogP contribution in [0.5, 0.6) is 5.75 Å². The summed E-state index contributed by atoms with van der Waals surface area (Å²) in [6.45, 7) is 6.11. The van der Waals surface area contributed by atoms with Gasteiger partial charge in [-0.2, -0.15) is 0 Å². The molecule has 0 N–H and O–H groups in total. The van der Waals surface area contributed by atoms with Gasteiger partial charge in [0.15, 0.2) is 5.78 Å². The van der Waals surface area contributed by atoms with Crippen LogP contribution in [0.25, 0.3) is 0 Å². The van der Waals surface area contributed by atoms with Crippen LogP contribution in [-0.4, -0.2) is 5.78 Å². The number of ketones is 1. The first-order chi connectivity index (χ1) is 9.49. The highest BCUT2D eigenvalue weighted by molar-refractivity contribution is 6.32. The standard InChI is InChI=1S/C17H17ClO2/c1-11-5-4-6-12(2)15(11)10-20-17-8-7-14(13(3)19)9-16(17)18/h4-9H,10H2,1-3H3. The fourth-order valence-corrected chi connectivity index (χ4v) is 2.30. The van der Waals surface area contributed by atoms with Crippen molar-refractivity contribution in [2.45, 2.75) is 27.4 Å². The lowest BCUT2D eigenvalue weighted by molar-refractivity contribution is 0.101. The number of Topliss-reactive ketones (excluding diaryl/α,β-unsaturated/α-hetero) is 1. The lowest BCUT2D eigenvalue weighted by Crippen LogP contribution is -2.01. The summed E-state index contributed by atoms with van der Waals surface area (Å²) in [6.07, 6.45) is 0. The second kappa shape index (κ2) is 6.10. The average molecular weight is 289 g/mol. The second-order valence-electron chi connectivity index (χ2n) is 4.86. The van der Waals surface area contributed by atoms with Crippen LogP contribution in [0.1, 0.15) is 34.0 Å². The molecule has 2 aromatic rings. The van der Waals surface area contributed by atoms with E-state index in [-0.39, 0.29) is 5.78 Å². The highest BCUT2D eigenvalue weighted by Gasteiger charge is 2.08. The van der Waals surface area contributed by atoms with Gasteiger partial charge in [0.2, 0.25) is 0 Å². The molecule has 0 bridgehead atoms. The fraction of sp³-hybridized carbons (Fsp3) is 0.235. The van der Waals surface area contributed by atoms with Gasteiger partial charge in [-0.25, -0.2) is 0 Å². The van der Waals surface area contributed by atoms with E-state index in [1.807, 2.05) is 6.07 Å². The van der Waals surface area contributed by atoms with Crippen LogP contribution in [0.2, 0.25) is 5.02 Å². The molecule has 3 heteroatoms. The number of halogens is 1. The lowest BCUT2D eigenvalue weighted by Gasteiger charge is -2.12. The minimum absolute atomic E-state index is 0.00630. The molecule has 0 spiro atoms. The largest absolute Gasteiger partial charge is 0.487 e. The van der Waals surface area contributed by atoms with Gasteiger partial charge in [0.05, 0.1) is 5.02 Å². The third-order valence-corrected chi connectivity index (χ3v) is 3.65. The highest BCUT2D eigenvalue weighted by Crippen LogP contribution is 2.27. The van der Waals surface area contributed by atoms with Crippen LogP contribution >= 0.6 is 11.6 Å². The zero-order chi connectivity index (χ0) is 14.7. The smallest absolute Gasteiger partial charge is 0.159 e. The van der Waals surface area contributed by atoms with Gasteiger partial charge in [0.25, 0.3) is 0 Å². The van der Waals surface area contributed by atoms with Gasteiger partial charge in [-0.3, -0.25) is 4.79 Å². The highest BCUT2D eigenvalue weighted by atomic mass is 35.5. The van der Waals surface area contributed by atoms with Crippen LogP contribution in [0, 0.1) is 13.8 Å². The molecule has 2 rings (SSSR count). The van der Waals surface area contributed by atoms with Crippen molar-refractivity contribution in [3.63, 3.8) is 0 Å². The summed E-state index contributed by atoms with van der Waals surface area (Å²) >= 11 is 6.14. The number of aryl methyl sites for hydroxylation is 2. The molecule has 0 saturated heterocycles. The third kappa shape index (κ3) is 3.20. The molecule has 0 heterocycles. The molecule has 0 radical (unpaired) electrons. The van der Waals surface area contributed by atoms with Crippen LogP contribution in [0.3, 0.4) is 0 Å². The maximum absolute atomic E-state index is 11.3. The van der Waals surface area contributed by atoms with Gasteiger partial charge < -0.3 is 4.74 Å². The Balaban J connectivity index is 2.17. The molecular weight excluding hydrogens is 272 g/mol. The Kier molecular flexibility index (Phi) is 4.46. The molecule has 2 aromatic carbocycles. The number of carbonyl (C=O) groups excluding carboxylic acids is 1. The van der Waals surface area contributed by atoms with E-state index >= 15 is 0 Å². The van der Waals surface area contributed by atoms with Crippen LogP contribution in [0.4, 0.5) is 0 Å². The summed E-state index contributed by atoms with van der Waals surface area (Å²) < 4.78 is 5.78. The van der Waals surface area contributed by atoms with Gasteiger partial charge in [-0.1, -0.05) is 29.8 Å². The van der Waals surface area contributed by atoms with Crippen molar-refractivity contribution in [2.24, 2.45) is 0 Å². The molecular formula is C17H17ClO2. The number of carbonyl (C=O) groups is 1. The third-order valence-electron chi connectivity index (χ3n) is 3.35. The van der Waals surface area contributed by atoms with Gasteiger partial charge in [-0.05, 0) is 55.7 Å². The summed E-state index contributed by atoms with van der Waals surface area (Å²) in [5.41, 5.74) is 4.15. The maximum atomic E-state index is 11.3. The van der Waals surface area contributed by atoms with E-state index in [0.717, 1.165) is 0 Å². The Morgan fingerprint density at radius 3 is 2.35 bits per heavy atom. The van der Waals surface area contributed by atoms with Crippen molar-refractivity contribution in [1.82, 2.24) is 0 Å². The van der Waals surface area contributed by atoms with Crippen molar-refractivity contribution in [3.8, 4) is 5.75 Å². The summed E-state index contributed by atoms with van der Waals surface area (Å²) in [6, 6.07) is 11.3. The monoisotopic (exact) mass is 288 g/mol. The Morgan fingerprint density at radius 1 is 1.15 bits per heavy atom. The first kappa shape index (κ1) is 14.6. The quantitative estimate of drug-likeness (QED) is 0.760. The van der Waals surface area contributed by atoms with Crippen molar-refractivity contribution in [1.29, 1.82) is 0 Å². The normalized spacial score (nSPS) is 10.4. The summed E-state index contributed by atoms with van der Waals surface area (Å²) in [5.74, 6) is 0.590. The van der Waals surface area contributed by atoms with Gasteiger partial charge >= 0.3 is 0 Å². The number of hydrogen-bond donors (Lipinski definition) is 0. The van der Waals surface area contributed by atoms with E-state index in [9.17, 15) is 4.79 Å². The second-order valence-corrected chi connectivity index (χ2v) is 5.27. The molecule has 0 aliphatic carbocycles.